The second kappa shape index (κ2) is 9.93. The number of carbonyl (C=O) groups excluding carboxylic acids is 1. The van der Waals surface area contributed by atoms with Crippen molar-refractivity contribution >= 4 is 22.9 Å². The second-order valence-corrected chi connectivity index (χ2v) is 7.88. The van der Waals surface area contributed by atoms with Gasteiger partial charge in [0.05, 0.1) is 11.9 Å². The predicted octanol–water partition coefficient (Wildman–Crippen LogP) is 5.28. The number of carbonyl (C=O) groups is 1. The summed E-state index contributed by atoms with van der Waals surface area (Å²) in [7, 11) is 0. The number of hydrogen-bond donors (Lipinski definition) is 3. The molecule has 0 radical (unpaired) electrons. The highest BCUT2D eigenvalue weighted by molar-refractivity contribution is 5.94. The average Bonchev–Trinajstić information content (AvgIpc) is 3.38. The topological polar surface area (TPSA) is 99.6 Å². The molecule has 0 unspecified atom stereocenters. The van der Waals surface area contributed by atoms with Crippen LogP contribution < -0.4 is 10.2 Å². The minimum Gasteiger partial charge on any atom is -0.508 e. The summed E-state index contributed by atoms with van der Waals surface area (Å²) in [6.07, 6.45) is 1.45. The molecule has 7 heteroatoms. The lowest BCUT2D eigenvalue weighted by atomic mass is 10.1. The molecule has 5 rings (SSSR count). The molecular weight excluding hydrogens is 440 g/mol. The maximum atomic E-state index is 12.5. The van der Waals surface area contributed by atoms with E-state index in [0.717, 1.165) is 21.9 Å². The fourth-order valence-electron chi connectivity index (χ4n) is 3.78. The number of nitrogens with one attached hydrogen (secondary N) is 2. The molecule has 0 atom stereocenters. The van der Waals surface area contributed by atoms with Gasteiger partial charge in [0.1, 0.15) is 23.8 Å². The van der Waals surface area contributed by atoms with Crippen molar-refractivity contribution in [2.45, 2.75) is 6.61 Å². The van der Waals surface area contributed by atoms with E-state index in [1.54, 1.807) is 30.3 Å². The van der Waals surface area contributed by atoms with E-state index in [-0.39, 0.29) is 11.4 Å². The molecule has 1 amide bonds. The zero-order valence-electron chi connectivity index (χ0n) is 18.7. The van der Waals surface area contributed by atoms with E-state index in [9.17, 15) is 9.90 Å². The first-order chi connectivity index (χ1) is 17.2. The summed E-state index contributed by atoms with van der Waals surface area (Å²) in [5.74, 6) is 0.356. The van der Waals surface area contributed by atoms with Crippen molar-refractivity contribution in [1.29, 1.82) is 0 Å². The SMILES string of the molecule is O=C(N/N=C\c1cccc(O)c1)c1cc(-c2ccccc2OCc2cccc3ccccc23)n[nH]1. The van der Waals surface area contributed by atoms with Gasteiger partial charge >= 0.3 is 0 Å². The Kier molecular flexibility index (Phi) is 6.21. The molecule has 5 aromatic rings. The Morgan fingerprint density at radius 1 is 0.971 bits per heavy atom. The normalized spacial score (nSPS) is 11.1. The van der Waals surface area contributed by atoms with Crippen molar-refractivity contribution in [3.05, 3.63) is 114 Å². The number of aromatic hydroxyl groups is 1. The van der Waals surface area contributed by atoms with Gasteiger partial charge in [0, 0.05) is 5.56 Å². The fraction of sp³-hybridized carbons (Fsp3) is 0.0357. The lowest BCUT2D eigenvalue weighted by Crippen LogP contribution is -2.17. The van der Waals surface area contributed by atoms with Crippen LogP contribution >= 0.6 is 0 Å². The van der Waals surface area contributed by atoms with Gasteiger partial charge in [-0.15, -0.1) is 0 Å². The molecule has 0 fully saturated rings. The number of phenolic OH excluding ortho intramolecular Hbond substituents is 1. The number of amides is 1. The molecule has 7 nitrogen and oxygen atoms in total. The van der Waals surface area contributed by atoms with Crippen LogP contribution in [0.5, 0.6) is 11.5 Å². The van der Waals surface area contributed by atoms with Crippen LogP contribution in [0.4, 0.5) is 0 Å². The van der Waals surface area contributed by atoms with Crippen LogP contribution in [-0.2, 0) is 6.61 Å². The van der Waals surface area contributed by atoms with E-state index in [0.29, 0.717) is 23.6 Å². The molecule has 0 spiro atoms. The maximum Gasteiger partial charge on any atom is 0.289 e. The number of ether oxygens (including phenoxy) is 1. The molecule has 0 bridgehead atoms. The van der Waals surface area contributed by atoms with Crippen molar-refractivity contribution in [1.82, 2.24) is 15.6 Å². The van der Waals surface area contributed by atoms with E-state index in [4.69, 9.17) is 4.74 Å². The molecule has 0 saturated heterocycles. The number of phenols is 1. The minimum absolute atomic E-state index is 0.125. The number of benzene rings is 4. The van der Waals surface area contributed by atoms with Crippen LogP contribution in [0.25, 0.3) is 22.0 Å². The molecule has 4 aromatic carbocycles. The Morgan fingerprint density at radius 2 is 1.77 bits per heavy atom. The van der Waals surface area contributed by atoms with Crippen molar-refractivity contribution in [2.24, 2.45) is 5.10 Å². The van der Waals surface area contributed by atoms with E-state index < -0.39 is 5.91 Å². The smallest absolute Gasteiger partial charge is 0.289 e. The Hall–Kier alpha value is -4.91. The largest absolute Gasteiger partial charge is 0.508 e. The standard InChI is InChI=1S/C28H22N4O3/c33-22-11-5-7-19(15-22)17-29-32-28(34)26-16-25(30-31-26)24-13-3-4-14-27(24)35-18-21-10-6-9-20-8-1-2-12-23(20)21/h1-17,33H,18H2,(H,30,31)(H,32,34)/b29-17-. The van der Waals surface area contributed by atoms with Gasteiger partial charge in [-0.1, -0.05) is 66.7 Å². The van der Waals surface area contributed by atoms with Gasteiger partial charge < -0.3 is 9.84 Å². The number of rotatable bonds is 7. The Balaban J connectivity index is 1.30. The molecule has 0 aliphatic rings. The predicted molar refractivity (Wildman–Crippen MR) is 135 cm³/mol. The van der Waals surface area contributed by atoms with Gasteiger partial charge in [-0.2, -0.15) is 10.2 Å². The summed E-state index contributed by atoms with van der Waals surface area (Å²) in [6.45, 7) is 0.403. The van der Waals surface area contributed by atoms with Crippen molar-refractivity contribution in [3.8, 4) is 22.8 Å². The molecule has 0 aliphatic heterocycles. The highest BCUT2D eigenvalue weighted by atomic mass is 16.5. The number of hydrogen-bond acceptors (Lipinski definition) is 5. The Bertz CT molecular complexity index is 1520. The van der Waals surface area contributed by atoms with Crippen LogP contribution in [-0.4, -0.2) is 27.4 Å². The van der Waals surface area contributed by atoms with E-state index in [1.807, 2.05) is 42.5 Å². The molecule has 0 aliphatic carbocycles. The number of aromatic nitrogens is 2. The van der Waals surface area contributed by atoms with Crippen LogP contribution in [0.1, 0.15) is 21.6 Å². The number of para-hydroxylation sites is 1. The van der Waals surface area contributed by atoms with E-state index in [1.165, 1.54) is 6.21 Å². The number of aromatic amines is 1. The summed E-state index contributed by atoms with van der Waals surface area (Å²) >= 11 is 0. The van der Waals surface area contributed by atoms with Crippen molar-refractivity contribution < 1.29 is 14.6 Å². The molecule has 3 N–H and O–H groups in total. The third-order valence-electron chi connectivity index (χ3n) is 5.50. The number of nitrogens with zero attached hydrogens (tertiary/aromatic N) is 2. The van der Waals surface area contributed by atoms with Crippen LogP contribution in [0.2, 0.25) is 0 Å². The van der Waals surface area contributed by atoms with Crippen LogP contribution in [0, 0.1) is 0 Å². The average molecular weight is 463 g/mol. The monoisotopic (exact) mass is 462 g/mol. The van der Waals surface area contributed by atoms with Crippen LogP contribution in [0.3, 0.4) is 0 Å². The minimum atomic E-state index is -0.436. The molecular formula is C28H22N4O3. The van der Waals surface area contributed by atoms with Crippen molar-refractivity contribution in [2.75, 3.05) is 0 Å². The first-order valence-electron chi connectivity index (χ1n) is 11.0. The third-order valence-corrected chi connectivity index (χ3v) is 5.50. The summed E-state index contributed by atoms with van der Waals surface area (Å²) < 4.78 is 6.18. The molecule has 172 valence electrons. The highest BCUT2D eigenvalue weighted by Gasteiger charge is 2.14. The first-order valence-corrected chi connectivity index (χ1v) is 11.0. The fourth-order valence-corrected chi connectivity index (χ4v) is 3.78. The zero-order chi connectivity index (χ0) is 24.0. The first kappa shape index (κ1) is 21.9. The second-order valence-electron chi connectivity index (χ2n) is 7.88. The van der Waals surface area contributed by atoms with Gasteiger partial charge in [0.15, 0.2) is 0 Å². The Morgan fingerprint density at radius 3 is 2.69 bits per heavy atom. The molecule has 35 heavy (non-hydrogen) atoms. The van der Waals surface area contributed by atoms with E-state index in [2.05, 4.69) is 45.0 Å². The summed E-state index contributed by atoms with van der Waals surface area (Å²) in [4.78, 5) is 12.5. The summed E-state index contributed by atoms with van der Waals surface area (Å²) in [6, 6.07) is 30.2. The highest BCUT2D eigenvalue weighted by Crippen LogP contribution is 2.30. The number of hydrazone groups is 1. The number of fused-ring (bicyclic) bond motifs is 1. The summed E-state index contributed by atoms with van der Waals surface area (Å²) in [5.41, 5.74) is 5.82. The van der Waals surface area contributed by atoms with Gasteiger partial charge in [-0.3, -0.25) is 9.89 Å². The van der Waals surface area contributed by atoms with Gasteiger partial charge in [0.25, 0.3) is 5.91 Å². The molecule has 0 saturated carbocycles. The number of H-pyrrole nitrogens is 1. The van der Waals surface area contributed by atoms with Gasteiger partial charge in [0.2, 0.25) is 0 Å². The maximum absolute atomic E-state index is 12.5. The van der Waals surface area contributed by atoms with E-state index >= 15 is 0 Å². The van der Waals surface area contributed by atoms with Crippen molar-refractivity contribution in [3.63, 3.8) is 0 Å². The Labute approximate surface area is 201 Å². The zero-order valence-corrected chi connectivity index (χ0v) is 18.7. The quantitative estimate of drug-likeness (QED) is 0.226. The molecule has 1 aromatic heterocycles. The van der Waals surface area contributed by atoms with Gasteiger partial charge in [-0.05, 0) is 52.2 Å². The van der Waals surface area contributed by atoms with Gasteiger partial charge in [-0.25, -0.2) is 5.43 Å². The third kappa shape index (κ3) is 5.04. The van der Waals surface area contributed by atoms with Crippen LogP contribution in [0.15, 0.2) is 102 Å². The molecule has 1 heterocycles. The lowest BCUT2D eigenvalue weighted by molar-refractivity contribution is 0.0950. The summed E-state index contributed by atoms with van der Waals surface area (Å²) in [5, 5.41) is 22.8. The lowest BCUT2D eigenvalue weighted by Gasteiger charge is -2.12.